The van der Waals surface area contributed by atoms with Crippen LogP contribution in [0, 0.1) is 5.92 Å². The van der Waals surface area contributed by atoms with E-state index in [0.717, 1.165) is 5.56 Å². The third-order valence-corrected chi connectivity index (χ3v) is 2.56. The van der Waals surface area contributed by atoms with Crippen molar-refractivity contribution in [3.05, 3.63) is 29.8 Å². The van der Waals surface area contributed by atoms with Crippen molar-refractivity contribution in [1.82, 2.24) is 0 Å². The minimum Gasteiger partial charge on any atom is -0.508 e. The maximum Gasteiger partial charge on any atom is 0.115 e. The summed E-state index contributed by atoms with van der Waals surface area (Å²) in [6, 6.07) is 7.14. The van der Waals surface area contributed by atoms with Crippen LogP contribution in [0.15, 0.2) is 24.3 Å². The van der Waals surface area contributed by atoms with Crippen LogP contribution in [0.3, 0.4) is 0 Å². The van der Waals surface area contributed by atoms with E-state index >= 15 is 0 Å². The summed E-state index contributed by atoms with van der Waals surface area (Å²) in [6.45, 7) is 4.28. The molecule has 2 unspecified atom stereocenters. The lowest BCUT2D eigenvalue weighted by Gasteiger charge is -2.17. The van der Waals surface area contributed by atoms with E-state index in [1.807, 2.05) is 19.1 Å². The highest BCUT2D eigenvalue weighted by Gasteiger charge is 2.12. The molecule has 0 spiro atoms. The van der Waals surface area contributed by atoms with Crippen molar-refractivity contribution in [3.63, 3.8) is 0 Å². The highest BCUT2D eigenvalue weighted by Crippen LogP contribution is 2.24. The molecule has 1 aromatic rings. The molecule has 0 aliphatic carbocycles. The van der Waals surface area contributed by atoms with Gasteiger partial charge in [0, 0.05) is 6.61 Å². The smallest absolute Gasteiger partial charge is 0.115 e. The van der Waals surface area contributed by atoms with Gasteiger partial charge in [-0.2, -0.15) is 0 Å². The van der Waals surface area contributed by atoms with Crippen LogP contribution >= 0.6 is 0 Å². The second-order valence-electron chi connectivity index (χ2n) is 3.54. The van der Waals surface area contributed by atoms with Crippen LogP contribution in [0.1, 0.15) is 25.3 Å². The maximum atomic E-state index is 9.08. The summed E-state index contributed by atoms with van der Waals surface area (Å²) in [5, 5.41) is 18.1. The van der Waals surface area contributed by atoms with E-state index in [0.29, 0.717) is 5.92 Å². The second kappa shape index (κ2) is 4.28. The normalized spacial score (nSPS) is 15.3. The Morgan fingerprint density at radius 3 is 2.15 bits per heavy atom. The molecule has 0 bridgehead atoms. The van der Waals surface area contributed by atoms with Crippen LogP contribution in [-0.2, 0) is 0 Å². The van der Waals surface area contributed by atoms with Gasteiger partial charge >= 0.3 is 0 Å². The fourth-order valence-corrected chi connectivity index (χ4v) is 1.26. The molecular formula is C11H16O2. The molecule has 2 nitrogen and oxygen atoms in total. The summed E-state index contributed by atoms with van der Waals surface area (Å²) in [7, 11) is 0. The maximum absolute atomic E-state index is 9.08. The fraction of sp³-hybridized carbons (Fsp3) is 0.455. The zero-order valence-corrected chi connectivity index (χ0v) is 8.07. The first kappa shape index (κ1) is 10.1. The predicted octanol–water partition coefficient (Wildman–Crippen LogP) is 2.12. The van der Waals surface area contributed by atoms with Crippen LogP contribution in [0.4, 0.5) is 0 Å². The van der Waals surface area contributed by atoms with E-state index < -0.39 is 0 Å². The summed E-state index contributed by atoms with van der Waals surface area (Å²) >= 11 is 0. The molecule has 0 fully saturated rings. The lowest BCUT2D eigenvalue weighted by Crippen LogP contribution is -2.10. The van der Waals surface area contributed by atoms with Crippen molar-refractivity contribution in [3.8, 4) is 5.75 Å². The van der Waals surface area contributed by atoms with Gasteiger partial charge < -0.3 is 10.2 Å². The molecule has 0 amide bonds. The van der Waals surface area contributed by atoms with Gasteiger partial charge in [-0.25, -0.2) is 0 Å². The number of aliphatic hydroxyl groups excluding tert-OH is 1. The van der Waals surface area contributed by atoms with Crippen LogP contribution in [0.5, 0.6) is 5.75 Å². The molecule has 0 aliphatic rings. The topological polar surface area (TPSA) is 40.5 Å². The largest absolute Gasteiger partial charge is 0.508 e. The quantitative estimate of drug-likeness (QED) is 0.748. The van der Waals surface area contributed by atoms with Crippen molar-refractivity contribution >= 4 is 0 Å². The third-order valence-electron chi connectivity index (χ3n) is 2.56. The summed E-state index contributed by atoms with van der Waals surface area (Å²) in [5.41, 5.74) is 1.15. The van der Waals surface area contributed by atoms with Gasteiger partial charge in [0.05, 0.1) is 0 Å². The van der Waals surface area contributed by atoms with E-state index in [2.05, 4.69) is 6.92 Å². The Balaban J connectivity index is 2.77. The summed E-state index contributed by atoms with van der Waals surface area (Å²) in [6.07, 6.45) is 0. The first-order chi connectivity index (χ1) is 6.15. The van der Waals surface area contributed by atoms with Gasteiger partial charge in [-0.15, -0.1) is 0 Å². The van der Waals surface area contributed by atoms with Gasteiger partial charge in [0.25, 0.3) is 0 Å². The van der Waals surface area contributed by atoms with Crippen molar-refractivity contribution in [2.75, 3.05) is 6.61 Å². The highest BCUT2D eigenvalue weighted by atomic mass is 16.3. The van der Waals surface area contributed by atoms with Crippen molar-refractivity contribution in [1.29, 1.82) is 0 Å². The van der Waals surface area contributed by atoms with E-state index in [4.69, 9.17) is 10.2 Å². The van der Waals surface area contributed by atoms with Crippen LogP contribution in [-0.4, -0.2) is 16.8 Å². The van der Waals surface area contributed by atoms with Crippen LogP contribution in [0.25, 0.3) is 0 Å². The number of hydrogen-bond donors (Lipinski definition) is 2. The zero-order valence-electron chi connectivity index (χ0n) is 8.07. The minimum atomic E-state index is 0.196. The van der Waals surface area contributed by atoms with Crippen LogP contribution in [0.2, 0.25) is 0 Å². The van der Waals surface area contributed by atoms with Gasteiger partial charge in [-0.1, -0.05) is 26.0 Å². The molecule has 72 valence electrons. The first-order valence-electron chi connectivity index (χ1n) is 4.55. The monoisotopic (exact) mass is 180 g/mol. The lowest BCUT2D eigenvalue weighted by molar-refractivity contribution is 0.220. The molecule has 1 rings (SSSR count). The van der Waals surface area contributed by atoms with E-state index in [9.17, 15) is 0 Å². The van der Waals surface area contributed by atoms with Gasteiger partial charge in [0.2, 0.25) is 0 Å². The van der Waals surface area contributed by atoms with Gasteiger partial charge in [0.15, 0.2) is 0 Å². The van der Waals surface area contributed by atoms with Crippen molar-refractivity contribution in [2.24, 2.45) is 5.92 Å². The number of hydrogen-bond acceptors (Lipinski definition) is 2. The van der Waals surface area contributed by atoms with E-state index in [1.165, 1.54) is 0 Å². The van der Waals surface area contributed by atoms with Gasteiger partial charge in [-0.05, 0) is 29.5 Å². The number of benzene rings is 1. The van der Waals surface area contributed by atoms with Gasteiger partial charge in [-0.3, -0.25) is 0 Å². The summed E-state index contributed by atoms with van der Waals surface area (Å²) < 4.78 is 0. The Kier molecular flexibility index (Phi) is 3.32. The molecule has 13 heavy (non-hydrogen) atoms. The number of phenols is 1. The number of aromatic hydroxyl groups is 1. The Bertz CT molecular complexity index is 253. The molecule has 0 radical (unpaired) electrons. The molecule has 2 N–H and O–H groups in total. The Morgan fingerprint density at radius 2 is 1.69 bits per heavy atom. The third kappa shape index (κ3) is 2.46. The average molecular weight is 180 g/mol. The number of phenolic OH excluding ortho intramolecular Hbond substituents is 1. The standard InChI is InChI=1S/C11H16O2/c1-8(7-12)9(2)10-3-5-11(13)6-4-10/h3-6,8-9,12-13H,7H2,1-2H3. The second-order valence-corrected chi connectivity index (χ2v) is 3.54. The predicted molar refractivity (Wildman–Crippen MR) is 52.8 cm³/mol. The Hall–Kier alpha value is -1.02. The minimum absolute atomic E-state index is 0.196. The van der Waals surface area contributed by atoms with E-state index in [1.54, 1.807) is 12.1 Å². The molecule has 0 saturated heterocycles. The SMILES string of the molecule is CC(CO)C(C)c1ccc(O)cc1. The number of aliphatic hydroxyl groups is 1. The fourth-order valence-electron chi connectivity index (χ4n) is 1.26. The molecule has 0 aliphatic heterocycles. The van der Waals surface area contributed by atoms with Crippen LogP contribution < -0.4 is 0 Å². The van der Waals surface area contributed by atoms with Crippen molar-refractivity contribution in [2.45, 2.75) is 19.8 Å². The molecule has 2 atom stereocenters. The highest BCUT2D eigenvalue weighted by molar-refractivity contribution is 5.28. The average Bonchev–Trinajstić information content (AvgIpc) is 2.17. The first-order valence-corrected chi connectivity index (χ1v) is 4.55. The Morgan fingerprint density at radius 1 is 1.15 bits per heavy atom. The summed E-state index contributed by atoms with van der Waals surface area (Å²) in [4.78, 5) is 0. The molecule has 1 aromatic carbocycles. The van der Waals surface area contributed by atoms with Crippen molar-refractivity contribution < 1.29 is 10.2 Å². The molecular weight excluding hydrogens is 164 g/mol. The number of rotatable bonds is 3. The molecule has 0 aromatic heterocycles. The molecule has 0 heterocycles. The lowest BCUT2D eigenvalue weighted by atomic mass is 9.89. The van der Waals surface area contributed by atoms with Gasteiger partial charge in [0.1, 0.15) is 5.75 Å². The van der Waals surface area contributed by atoms with E-state index in [-0.39, 0.29) is 18.3 Å². The molecule has 0 saturated carbocycles. The summed E-state index contributed by atoms with van der Waals surface area (Å²) in [5.74, 6) is 0.864. The zero-order chi connectivity index (χ0) is 9.84. The Labute approximate surface area is 78.8 Å². The molecule has 2 heteroatoms.